The van der Waals surface area contributed by atoms with Gasteiger partial charge in [0.15, 0.2) is 23.3 Å². The van der Waals surface area contributed by atoms with Crippen LogP contribution in [0.1, 0.15) is 0 Å². The molecule has 2 rings (SSSR count). The van der Waals surface area contributed by atoms with Gasteiger partial charge in [0, 0.05) is 0 Å². The van der Waals surface area contributed by atoms with Gasteiger partial charge in [-0.1, -0.05) is 0 Å². The van der Waals surface area contributed by atoms with Crippen molar-refractivity contribution >= 4 is 11.5 Å². The molecule has 11 heteroatoms. The first-order valence-electron chi connectivity index (χ1n) is 4.77. The number of nitrogens with two attached hydrogens (primary N) is 1. The Morgan fingerprint density at radius 2 is 1.50 bits per heavy atom. The van der Waals surface area contributed by atoms with Crippen molar-refractivity contribution in [1.29, 1.82) is 0 Å². The molecule has 0 unspecified atom stereocenters. The molecule has 0 radical (unpaired) electrons. The average molecular weight is 294 g/mol. The maximum atomic E-state index is 13.5. The van der Waals surface area contributed by atoms with Crippen LogP contribution in [0.2, 0.25) is 0 Å². The predicted octanol–water partition coefficient (Wildman–Crippen LogP) is 2.06. The number of benzene rings is 1. The monoisotopic (exact) mass is 294 g/mol. The van der Waals surface area contributed by atoms with E-state index in [4.69, 9.17) is 5.73 Å². The van der Waals surface area contributed by atoms with Crippen LogP contribution >= 0.6 is 0 Å². The van der Waals surface area contributed by atoms with E-state index in [1.165, 1.54) is 0 Å². The Morgan fingerprint density at radius 3 is 1.90 bits per heavy atom. The van der Waals surface area contributed by atoms with Crippen LogP contribution in [0.25, 0.3) is 5.69 Å². The molecule has 0 saturated carbocycles. The van der Waals surface area contributed by atoms with E-state index < -0.39 is 51.2 Å². The predicted molar refractivity (Wildman–Crippen MR) is 54.4 cm³/mol. The van der Waals surface area contributed by atoms with Gasteiger partial charge in [0.25, 0.3) is 0 Å². The highest BCUT2D eigenvalue weighted by atomic mass is 19.2. The van der Waals surface area contributed by atoms with Gasteiger partial charge in [-0.05, 0) is 0 Å². The smallest absolute Gasteiger partial charge is 0.331 e. The molecule has 0 atom stereocenters. The maximum absolute atomic E-state index is 13.5. The van der Waals surface area contributed by atoms with Gasteiger partial charge in [0.1, 0.15) is 11.9 Å². The molecule has 0 fully saturated rings. The number of hydrogen-bond acceptors (Lipinski definition) is 4. The van der Waals surface area contributed by atoms with Crippen LogP contribution in [-0.4, -0.2) is 14.7 Å². The van der Waals surface area contributed by atoms with Gasteiger partial charge in [0.05, 0.1) is 4.92 Å². The number of aromatic nitrogens is 2. The molecule has 0 aliphatic heterocycles. The van der Waals surface area contributed by atoms with Gasteiger partial charge >= 0.3 is 5.69 Å². The lowest BCUT2D eigenvalue weighted by Gasteiger charge is -2.08. The summed E-state index contributed by atoms with van der Waals surface area (Å²) in [6, 6.07) is 0. The third-order valence-corrected chi connectivity index (χ3v) is 2.38. The fourth-order valence-corrected chi connectivity index (χ4v) is 1.45. The molecule has 1 aromatic carbocycles. The number of hydrogen-bond donors (Lipinski definition) is 1. The van der Waals surface area contributed by atoms with Gasteiger partial charge in [0.2, 0.25) is 11.6 Å². The Hall–Kier alpha value is -2.72. The Bertz CT molecular complexity index is 701. The third-order valence-electron chi connectivity index (χ3n) is 2.38. The molecular formula is C9H3F5N4O2. The van der Waals surface area contributed by atoms with Crippen LogP contribution in [0.15, 0.2) is 6.20 Å². The Balaban J connectivity index is 2.80. The van der Waals surface area contributed by atoms with Crippen LogP contribution in [-0.2, 0) is 0 Å². The quantitative estimate of drug-likeness (QED) is 0.302. The minimum absolute atomic E-state index is 0.0639. The van der Waals surface area contributed by atoms with E-state index in [1.54, 1.807) is 0 Å². The topological polar surface area (TPSA) is 87.0 Å². The van der Waals surface area contributed by atoms with E-state index in [-0.39, 0.29) is 4.68 Å². The molecule has 2 aromatic rings. The van der Waals surface area contributed by atoms with Crippen molar-refractivity contribution in [1.82, 2.24) is 9.78 Å². The Kier molecular flexibility index (Phi) is 3.04. The van der Waals surface area contributed by atoms with Gasteiger partial charge in [-0.3, -0.25) is 10.1 Å². The highest BCUT2D eigenvalue weighted by Crippen LogP contribution is 2.30. The molecule has 0 aliphatic carbocycles. The van der Waals surface area contributed by atoms with Crippen molar-refractivity contribution in [2.45, 2.75) is 0 Å². The number of anilines is 1. The summed E-state index contributed by atoms with van der Waals surface area (Å²) >= 11 is 0. The lowest BCUT2D eigenvalue weighted by atomic mass is 10.2. The number of rotatable bonds is 2. The summed E-state index contributed by atoms with van der Waals surface area (Å²) < 4.78 is 65.9. The zero-order chi connectivity index (χ0) is 15.2. The fraction of sp³-hybridized carbons (Fsp3) is 0. The first-order valence-corrected chi connectivity index (χ1v) is 4.77. The molecular weight excluding hydrogens is 291 g/mol. The average Bonchev–Trinajstić information content (AvgIpc) is 2.77. The van der Waals surface area contributed by atoms with Gasteiger partial charge in [-0.2, -0.15) is 5.10 Å². The molecule has 20 heavy (non-hydrogen) atoms. The van der Waals surface area contributed by atoms with Crippen LogP contribution in [0.3, 0.4) is 0 Å². The molecule has 0 saturated heterocycles. The third kappa shape index (κ3) is 1.74. The van der Waals surface area contributed by atoms with Gasteiger partial charge < -0.3 is 5.73 Å². The minimum Gasteiger partial charge on any atom is -0.378 e. The summed E-state index contributed by atoms with van der Waals surface area (Å²) in [6.45, 7) is 0. The summed E-state index contributed by atoms with van der Waals surface area (Å²) in [6.07, 6.45) is 0.521. The Morgan fingerprint density at radius 1 is 1.05 bits per heavy atom. The minimum atomic E-state index is -2.36. The number of nitrogens with zero attached hydrogens (tertiary/aromatic N) is 3. The van der Waals surface area contributed by atoms with E-state index >= 15 is 0 Å². The zero-order valence-corrected chi connectivity index (χ0v) is 9.20. The van der Waals surface area contributed by atoms with Crippen LogP contribution in [0, 0.1) is 39.2 Å². The fourth-order valence-electron chi connectivity index (χ4n) is 1.45. The first kappa shape index (κ1) is 13.7. The van der Waals surface area contributed by atoms with E-state index in [9.17, 15) is 32.1 Å². The van der Waals surface area contributed by atoms with Crippen molar-refractivity contribution in [2.24, 2.45) is 0 Å². The van der Waals surface area contributed by atoms with E-state index in [2.05, 4.69) is 5.10 Å². The lowest BCUT2D eigenvalue weighted by molar-refractivity contribution is -0.383. The maximum Gasteiger partial charge on any atom is 0.331 e. The molecule has 6 nitrogen and oxygen atoms in total. The van der Waals surface area contributed by atoms with Crippen LogP contribution in [0.5, 0.6) is 0 Å². The Labute approximate surface area is 106 Å². The molecule has 0 aliphatic rings. The summed E-state index contributed by atoms with van der Waals surface area (Å²) in [4.78, 5) is 9.48. The van der Waals surface area contributed by atoms with Crippen molar-refractivity contribution in [3.8, 4) is 5.69 Å². The SMILES string of the molecule is Nc1c([N+](=O)[O-])cnn1-c1c(F)c(F)c(F)c(F)c1F. The van der Waals surface area contributed by atoms with E-state index in [0.29, 0.717) is 6.20 Å². The van der Waals surface area contributed by atoms with Crippen molar-refractivity contribution < 1.29 is 26.9 Å². The molecule has 0 bridgehead atoms. The van der Waals surface area contributed by atoms with E-state index in [1.807, 2.05) is 0 Å². The van der Waals surface area contributed by atoms with Crippen molar-refractivity contribution in [3.05, 3.63) is 45.4 Å². The summed E-state index contributed by atoms with van der Waals surface area (Å²) in [5.41, 5.74) is 2.87. The number of nitrogen functional groups attached to an aromatic ring is 1. The summed E-state index contributed by atoms with van der Waals surface area (Å²) in [5, 5.41) is 13.7. The zero-order valence-electron chi connectivity index (χ0n) is 9.20. The second kappa shape index (κ2) is 4.43. The normalized spacial score (nSPS) is 10.8. The van der Waals surface area contributed by atoms with Crippen LogP contribution < -0.4 is 5.73 Å². The molecule has 0 spiro atoms. The second-order valence-electron chi connectivity index (χ2n) is 3.50. The molecule has 106 valence electrons. The second-order valence-corrected chi connectivity index (χ2v) is 3.50. The standard InChI is InChI=1S/C9H3F5N4O2/c10-3-4(11)6(13)8(7(14)5(3)12)17-9(15)2(1-16-17)18(19)20/h1H,15H2. The van der Waals surface area contributed by atoms with Gasteiger partial charge in [-0.15, -0.1) is 0 Å². The largest absolute Gasteiger partial charge is 0.378 e. The molecule has 2 N–H and O–H groups in total. The van der Waals surface area contributed by atoms with Gasteiger partial charge in [-0.25, -0.2) is 26.6 Å². The van der Waals surface area contributed by atoms with Crippen molar-refractivity contribution in [3.63, 3.8) is 0 Å². The lowest BCUT2D eigenvalue weighted by Crippen LogP contribution is -2.12. The number of nitro groups is 1. The molecule has 1 aromatic heterocycles. The highest BCUT2D eigenvalue weighted by molar-refractivity contribution is 5.56. The summed E-state index contributed by atoms with van der Waals surface area (Å²) in [7, 11) is 0. The number of halogens is 5. The summed E-state index contributed by atoms with van der Waals surface area (Å²) in [5.74, 6) is -12.1. The first-order chi connectivity index (χ1) is 9.27. The molecule has 1 heterocycles. The van der Waals surface area contributed by atoms with Crippen LogP contribution in [0.4, 0.5) is 33.5 Å². The highest BCUT2D eigenvalue weighted by Gasteiger charge is 2.30. The molecule has 0 amide bonds. The van der Waals surface area contributed by atoms with Crippen molar-refractivity contribution in [2.75, 3.05) is 5.73 Å². The van der Waals surface area contributed by atoms with E-state index in [0.717, 1.165) is 0 Å².